The van der Waals surface area contributed by atoms with E-state index in [0.717, 1.165) is 57.6 Å². The first-order chi connectivity index (χ1) is 15.5. The van der Waals surface area contributed by atoms with Gasteiger partial charge in [0.1, 0.15) is 12.3 Å². The third-order valence-electron chi connectivity index (χ3n) is 7.10. The Labute approximate surface area is 187 Å². The second-order valence-corrected chi connectivity index (χ2v) is 9.12. The van der Waals surface area contributed by atoms with Gasteiger partial charge in [-0.3, -0.25) is 4.90 Å². The first-order valence-electron chi connectivity index (χ1n) is 11.4. The molecular formula is C22H31N5O5. The lowest BCUT2D eigenvalue weighted by atomic mass is 10.1. The average Bonchev–Trinajstić information content (AvgIpc) is 3.45. The van der Waals surface area contributed by atoms with Crippen molar-refractivity contribution >= 4 is 11.0 Å². The minimum Gasteiger partial charge on any atom is -0.373 e. The molecule has 4 atom stereocenters. The van der Waals surface area contributed by atoms with Crippen molar-refractivity contribution in [1.29, 1.82) is 0 Å². The quantitative estimate of drug-likeness (QED) is 0.470. The lowest BCUT2D eigenvalue weighted by Gasteiger charge is -2.37. The number of aryl methyl sites for hydroxylation is 3. The van der Waals surface area contributed by atoms with Crippen LogP contribution in [0, 0.1) is 24.0 Å². The molecule has 3 aliphatic rings. The number of aromatic nitrogens is 2. The van der Waals surface area contributed by atoms with Crippen LogP contribution in [-0.4, -0.2) is 88.3 Å². The van der Waals surface area contributed by atoms with Gasteiger partial charge >= 0.3 is 0 Å². The van der Waals surface area contributed by atoms with Crippen LogP contribution in [0.5, 0.6) is 0 Å². The molecule has 0 unspecified atom stereocenters. The van der Waals surface area contributed by atoms with Crippen molar-refractivity contribution in [2.75, 3.05) is 39.3 Å². The van der Waals surface area contributed by atoms with Gasteiger partial charge < -0.3 is 23.8 Å². The Balaban J connectivity index is 1.07. The second kappa shape index (κ2) is 8.93. The number of hydrogen-bond donors (Lipinski definition) is 0. The zero-order valence-corrected chi connectivity index (χ0v) is 18.7. The van der Waals surface area contributed by atoms with E-state index in [-0.39, 0.29) is 25.0 Å². The van der Waals surface area contributed by atoms with Crippen LogP contribution in [0.15, 0.2) is 18.5 Å². The van der Waals surface area contributed by atoms with Gasteiger partial charge in [-0.2, -0.15) is 0 Å². The first-order valence-corrected chi connectivity index (χ1v) is 11.4. The lowest BCUT2D eigenvalue weighted by molar-refractivity contribution is -0.769. The second-order valence-electron chi connectivity index (χ2n) is 9.12. The molecule has 0 radical (unpaired) electrons. The number of imidazole rings is 1. The topological polar surface area (TPSA) is 95.1 Å². The van der Waals surface area contributed by atoms with Crippen LogP contribution in [0.3, 0.4) is 0 Å². The molecule has 0 bridgehead atoms. The Bertz CT molecular complexity index is 973. The van der Waals surface area contributed by atoms with Crippen molar-refractivity contribution in [2.24, 2.45) is 0 Å². The van der Waals surface area contributed by atoms with Crippen LogP contribution >= 0.6 is 0 Å². The van der Waals surface area contributed by atoms with Crippen LogP contribution in [0.25, 0.3) is 11.0 Å². The third kappa shape index (κ3) is 4.32. The standard InChI is InChI=1S/C22H31N5O5/c1-15-10-17-18(11-16(15)2)26(14-23-17)5-3-4-24-6-8-25(9-7-24)21-12-19-22(31-21)20(13-30-19)32-27(28)29/h10-11,14,19-22H,3-9,12-13H2,1-2H3/t19-,20+,21+,22+/m1/s1. The normalized spacial score (nSPS) is 28.9. The van der Waals surface area contributed by atoms with Crippen LogP contribution < -0.4 is 0 Å². The summed E-state index contributed by atoms with van der Waals surface area (Å²) in [5.74, 6) is 0. The largest absolute Gasteiger partial charge is 0.373 e. The maximum Gasteiger partial charge on any atom is 0.294 e. The van der Waals surface area contributed by atoms with Crippen LogP contribution in [0.1, 0.15) is 24.0 Å². The van der Waals surface area contributed by atoms with Gasteiger partial charge in [0.05, 0.1) is 30.1 Å². The number of hydrogen-bond acceptors (Lipinski definition) is 8. The maximum absolute atomic E-state index is 10.7. The van der Waals surface area contributed by atoms with Gasteiger partial charge in [-0.05, 0) is 50.1 Å². The third-order valence-corrected chi connectivity index (χ3v) is 7.10. The molecule has 0 N–H and O–H groups in total. The molecule has 174 valence electrons. The van der Waals surface area contributed by atoms with Crippen LogP contribution in [0.2, 0.25) is 0 Å². The van der Waals surface area contributed by atoms with Crippen molar-refractivity contribution in [3.8, 4) is 0 Å². The summed E-state index contributed by atoms with van der Waals surface area (Å²) in [6.45, 7) is 10.4. The number of rotatable bonds is 7. The van der Waals surface area contributed by atoms with Crippen molar-refractivity contribution < 1.29 is 19.4 Å². The van der Waals surface area contributed by atoms with Crippen molar-refractivity contribution in [1.82, 2.24) is 19.4 Å². The predicted molar refractivity (Wildman–Crippen MR) is 117 cm³/mol. The van der Waals surface area contributed by atoms with Crippen molar-refractivity contribution in [3.05, 3.63) is 39.7 Å². The predicted octanol–water partition coefficient (Wildman–Crippen LogP) is 1.75. The van der Waals surface area contributed by atoms with Gasteiger partial charge in [0, 0.05) is 39.1 Å². The Morgan fingerprint density at radius 2 is 1.97 bits per heavy atom. The number of piperazine rings is 1. The molecule has 0 saturated carbocycles. The fourth-order valence-electron chi connectivity index (χ4n) is 5.13. The minimum atomic E-state index is -0.749. The van der Waals surface area contributed by atoms with E-state index in [1.54, 1.807) is 0 Å². The van der Waals surface area contributed by atoms with E-state index >= 15 is 0 Å². The van der Waals surface area contributed by atoms with Gasteiger partial charge in [-0.1, -0.05) is 0 Å². The zero-order chi connectivity index (χ0) is 22.2. The van der Waals surface area contributed by atoms with Gasteiger partial charge in [0.2, 0.25) is 0 Å². The molecule has 0 spiro atoms. The SMILES string of the molecule is Cc1cc2ncn(CCCN3CCN([C@@H]4C[C@H]5OC[C@H](O[N+](=O)[O-])[C@H]5O4)CC3)c2cc1C. The number of benzene rings is 1. The summed E-state index contributed by atoms with van der Waals surface area (Å²) in [5, 5.41) is 9.92. The van der Waals surface area contributed by atoms with E-state index in [4.69, 9.17) is 14.3 Å². The zero-order valence-electron chi connectivity index (χ0n) is 18.7. The highest BCUT2D eigenvalue weighted by atomic mass is 17.0. The summed E-state index contributed by atoms with van der Waals surface area (Å²) < 4.78 is 14.0. The highest BCUT2D eigenvalue weighted by Crippen LogP contribution is 2.34. The Hall–Kier alpha value is -2.27. The summed E-state index contributed by atoms with van der Waals surface area (Å²) in [5.41, 5.74) is 4.86. The molecule has 10 nitrogen and oxygen atoms in total. The highest BCUT2D eigenvalue weighted by molar-refractivity contribution is 5.77. The van der Waals surface area contributed by atoms with Crippen molar-refractivity contribution in [3.63, 3.8) is 0 Å². The Morgan fingerprint density at radius 1 is 1.19 bits per heavy atom. The molecule has 0 aliphatic carbocycles. The molecule has 3 saturated heterocycles. The molecule has 0 amide bonds. The maximum atomic E-state index is 10.7. The molecular weight excluding hydrogens is 414 g/mol. The molecule has 5 rings (SSSR count). The summed E-state index contributed by atoms with van der Waals surface area (Å²) in [7, 11) is 0. The number of nitrogens with zero attached hydrogens (tertiary/aromatic N) is 5. The van der Waals surface area contributed by atoms with Gasteiger partial charge in [-0.25, -0.2) is 4.98 Å². The van der Waals surface area contributed by atoms with E-state index in [1.165, 1.54) is 16.6 Å². The van der Waals surface area contributed by atoms with Gasteiger partial charge in [-0.15, -0.1) is 10.1 Å². The van der Waals surface area contributed by atoms with Crippen LogP contribution in [0.4, 0.5) is 0 Å². The van der Waals surface area contributed by atoms with Gasteiger partial charge in [0.25, 0.3) is 5.09 Å². The fraction of sp³-hybridized carbons (Fsp3) is 0.682. The minimum absolute atomic E-state index is 0.0469. The molecule has 1 aromatic heterocycles. The van der Waals surface area contributed by atoms with E-state index in [0.29, 0.717) is 0 Å². The van der Waals surface area contributed by atoms with E-state index in [1.807, 2.05) is 6.33 Å². The molecule has 32 heavy (non-hydrogen) atoms. The average molecular weight is 446 g/mol. The number of ether oxygens (including phenoxy) is 2. The summed E-state index contributed by atoms with van der Waals surface area (Å²) in [6.07, 6.45) is 2.66. The van der Waals surface area contributed by atoms with Crippen LogP contribution in [-0.2, 0) is 20.9 Å². The molecule has 1 aromatic carbocycles. The highest BCUT2D eigenvalue weighted by Gasteiger charge is 2.49. The monoisotopic (exact) mass is 445 g/mol. The Morgan fingerprint density at radius 3 is 2.75 bits per heavy atom. The molecule has 10 heteroatoms. The Kier molecular flexibility index (Phi) is 6.02. The molecule has 3 fully saturated rings. The van der Waals surface area contributed by atoms with Gasteiger partial charge in [0.15, 0.2) is 6.10 Å². The summed E-state index contributed by atoms with van der Waals surface area (Å²) >= 11 is 0. The summed E-state index contributed by atoms with van der Waals surface area (Å²) in [4.78, 5) is 24.8. The smallest absolute Gasteiger partial charge is 0.294 e. The molecule has 3 aliphatic heterocycles. The van der Waals surface area contributed by atoms with E-state index in [2.05, 4.69) is 45.3 Å². The summed E-state index contributed by atoms with van der Waals surface area (Å²) in [6, 6.07) is 4.40. The fourth-order valence-corrected chi connectivity index (χ4v) is 5.13. The molecule has 4 heterocycles. The molecule has 2 aromatic rings. The van der Waals surface area contributed by atoms with E-state index < -0.39 is 11.2 Å². The van der Waals surface area contributed by atoms with Crippen molar-refractivity contribution in [2.45, 2.75) is 57.8 Å². The van der Waals surface area contributed by atoms with E-state index in [9.17, 15) is 10.1 Å². The lowest BCUT2D eigenvalue weighted by Crippen LogP contribution is -2.51. The first kappa shape index (κ1) is 21.6. The number of fused-ring (bicyclic) bond motifs is 2.